The Morgan fingerprint density at radius 2 is 2.00 bits per heavy atom. The third-order valence-corrected chi connectivity index (χ3v) is 1.90. The molecule has 0 aromatic heterocycles. The molecule has 11 heavy (non-hydrogen) atoms. The number of halogens is 1. The number of aryl methyl sites for hydroxylation is 1. The molecule has 1 aromatic carbocycles. The van der Waals surface area contributed by atoms with E-state index in [1.807, 2.05) is 6.92 Å². The van der Waals surface area contributed by atoms with Gasteiger partial charge in [0.25, 0.3) is 0 Å². The summed E-state index contributed by atoms with van der Waals surface area (Å²) < 4.78 is 0. The van der Waals surface area contributed by atoms with Crippen LogP contribution in [0.5, 0.6) is 0 Å². The molecule has 0 spiro atoms. The van der Waals surface area contributed by atoms with Gasteiger partial charge in [0.2, 0.25) is 0 Å². The summed E-state index contributed by atoms with van der Waals surface area (Å²) in [7, 11) is -1.44. The normalized spacial score (nSPS) is 9.82. The van der Waals surface area contributed by atoms with Gasteiger partial charge in [-0.15, -0.1) is 0 Å². The van der Waals surface area contributed by atoms with Crippen LogP contribution in [-0.2, 0) is 0 Å². The molecule has 1 aromatic rings. The summed E-state index contributed by atoms with van der Waals surface area (Å²) in [6, 6.07) is 4.92. The monoisotopic (exact) mass is 170 g/mol. The van der Waals surface area contributed by atoms with E-state index in [-0.39, 0.29) is 0 Å². The van der Waals surface area contributed by atoms with Crippen LogP contribution in [0, 0.1) is 6.92 Å². The molecule has 0 saturated carbocycles. The van der Waals surface area contributed by atoms with Gasteiger partial charge in [-0.1, -0.05) is 23.7 Å². The topological polar surface area (TPSA) is 40.5 Å². The second-order valence-electron chi connectivity index (χ2n) is 2.38. The van der Waals surface area contributed by atoms with Crippen LogP contribution in [0.25, 0.3) is 0 Å². The van der Waals surface area contributed by atoms with Crippen LogP contribution in [0.2, 0.25) is 5.02 Å². The molecule has 2 N–H and O–H groups in total. The average Bonchev–Trinajstić information content (AvgIpc) is 1.94. The van der Waals surface area contributed by atoms with Crippen molar-refractivity contribution in [1.82, 2.24) is 0 Å². The smallest absolute Gasteiger partial charge is 0.423 e. The van der Waals surface area contributed by atoms with Crippen molar-refractivity contribution in [2.75, 3.05) is 0 Å². The van der Waals surface area contributed by atoms with Crippen molar-refractivity contribution >= 4 is 24.2 Å². The minimum Gasteiger partial charge on any atom is -0.423 e. The fourth-order valence-electron chi connectivity index (χ4n) is 0.770. The Balaban J connectivity index is 3.05. The molecule has 0 heterocycles. The highest BCUT2D eigenvalue weighted by molar-refractivity contribution is 6.59. The molecule has 2 nitrogen and oxygen atoms in total. The fraction of sp³-hybridized carbons (Fsp3) is 0.143. The lowest BCUT2D eigenvalue weighted by molar-refractivity contribution is 0.426. The second kappa shape index (κ2) is 3.26. The molecule has 0 saturated heterocycles. The van der Waals surface area contributed by atoms with Crippen LogP contribution in [0.3, 0.4) is 0 Å². The number of rotatable bonds is 1. The van der Waals surface area contributed by atoms with E-state index in [2.05, 4.69) is 0 Å². The first-order valence-corrected chi connectivity index (χ1v) is 3.61. The van der Waals surface area contributed by atoms with E-state index in [1.165, 1.54) is 0 Å². The molecular formula is C7H8BClO2. The molecule has 0 atom stereocenters. The predicted molar refractivity (Wildman–Crippen MR) is 46.0 cm³/mol. The third kappa shape index (κ3) is 1.96. The van der Waals surface area contributed by atoms with Gasteiger partial charge in [0.05, 0.1) is 0 Å². The minimum atomic E-state index is -1.44. The Kier molecular flexibility index (Phi) is 2.55. The summed E-state index contributed by atoms with van der Waals surface area (Å²) in [6.45, 7) is 1.86. The number of benzene rings is 1. The van der Waals surface area contributed by atoms with Crippen LogP contribution in [0.15, 0.2) is 18.2 Å². The van der Waals surface area contributed by atoms with Crippen molar-refractivity contribution in [3.05, 3.63) is 28.8 Å². The van der Waals surface area contributed by atoms with E-state index in [9.17, 15) is 0 Å². The lowest BCUT2D eigenvalue weighted by atomic mass is 9.80. The summed E-state index contributed by atoms with van der Waals surface area (Å²) in [5.41, 5.74) is 1.34. The predicted octanol–water partition coefficient (Wildman–Crippen LogP) is 0.328. The van der Waals surface area contributed by atoms with Crippen molar-refractivity contribution in [2.45, 2.75) is 6.92 Å². The Morgan fingerprint density at radius 3 is 2.45 bits per heavy atom. The van der Waals surface area contributed by atoms with Gasteiger partial charge in [0.15, 0.2) is 0 Å². The maximum absolute atomic E-state index is 8.74. The molecule has 0 amide bonds. The maximum atomic E-state index is 8.74. The molecule has 0 unspecified atom stereocenters. The molecule has 0 bridgehead atoms. The van der Waals surface area contributed by atoms with E-state index in [1.54, 1.807) is 18.2 Å². The van der Waals surface area contributed by atoms with E-state index in [4.69, 9.17) is 21.6 Å². The van der Waals surface area contributed by atoms with Crippen molar-refractivity contribution in [1.29, 1.82) is 0 Å². The molecule has 1 rings (SSSR count). The summed E-state index contributed by atoms with van der Waals surface area (Å²) in [4.78, 5) is 0. The van der Waals surface area contributed by atoms with E-state index in [0.717, 1.165) is 5.56 Å². The Bertz CT molecular complexity index is 263. The average molecular weight is 170 g/mol. The van der Waals surface area contributed by atoms with Gasteiger partial charge in [-0.2, -0.15) is 0 Å². The minimum absolute atomic E-state index is 0.417. The van der Waals surface area contributed by atoms with Gasteiger partial charge >= 0.3 is 7.12 Å². The fourth-order valence-corrected chi connectivity index (χ4v) is 0.959. The molecule has 58 valence electrons. The van der Waals surface area contributed by atoms with Crippen molar-refractivity contribution < 1.29 is 10.0 Å². The highest BCUT2D eigenvalue weighted by atomic mass is 35.5. The van der Waals surface area contributed by atoms with Crippen LogP contribution in [0.4, 0.5) is 0 Å². The largest absolute Gasteiger partial charge is 0.488 e. The van der Waals surface area contributed by atoms with Crippen molar-refractivity contribution in [3.63, 3.8) is 0 Å². The zero-order valence-electron chi connectivity index (χ0n) is 6.08. The molecule has 4 heteroatoms. The van der Waals surface area contributed by atoms with Gasteiger partial charge in [-0.3, -0.25) is 0 Å². The first-order valence-electron chi connectivity index (χ1n) is 3.23. The number of hydrogen-bond donors (Lipinski definition) is 2. The van der Waals surface area contributed by atoms with Crippen LogP contribution < -0.4 is 5.46 Å². The van der Waals surface area contributed by atoms with Crippen LogP contribution in [0.1, 0.15) is 5.56 Å². The standard InChI is InChI=1S/C7H8BClO2/c1-5-2-3-6(8(10)11)4-7(5)9/h2-4,10-11H,1H3. The lowest BCUT2D eigenvalue weighted by Gasteiger charge is -2.01. The van der Waals surface area contributed by atoms with Crippen molar-refractivity contribution in [3.8, 4) is 0 Å². The highest BCUT2D eigenvalue weighted by Gasteiger charge is 2.10. The quantitative estimate of drug-likeness (QED) is 0.596. The second-order valence-corrected chi connectivity index (χ2v) is 2.79. The van der Waals surface area contributed by atoms with Crippen LogP contribution >= 0.6 is 11.6 Å². The van der Waals surface area contributed by atoms with E-state index < -0.39 is 7.12 Å². The highest BCUT2D eigenvalue weighted by Crippen LogP contribution is 2.11. The third-order valence-electron chi connectivity index (χ3n) is 1.49. The van der Waals surface area contributed by atoms with Gasteiger partial charge in [0.1, 0.15) is 0 Å². The molecule has 0 radical (unpaired) electrons. The summed E-state index contributed by atoms with van der Waals surface area (Å²) in [5, 5.41) is 18.0. The van der Waals surface area contributed by atoms with Gasteiger partial charge in [-0.05, 0) is 24.0 Å². The molecule has 0 aliphatic rings. The first-order chi connectivity index (χ1) is 5.11. The van der Waals surface area contributed by atoms with Gasteiger partial charge < -0.3 is 10.0 Å². The number of hydrogen-bond acceptors (Lipinski definition) is 2. The maximum Gasteiger partial charge on any atom is 0.488 e. The molecular weight excluding hydrogens is 162 g/mol. The molecule has 0 aliphatic carbocycles. The SMILES string of the molecule is Cc1ccc(B(O)O)cc1Cl. The van der Waals surface area contributed by atoms with E-state index in [0.29, 0.717) is 10.5 Å². The van der Waals surface area contributed by atoms with E-state index >= 15 is 0 Å². The Morgan fingerprint density at radius 1 is 1.36 bits per heavy atom. The lowest BCUT2D eigenvalue weighted by Crippen LogP contribution is -2.29. The van der Waals surface area contributed by atoms with Gasteiger partial charge in [0, 0.05) is 5.02 Å². The zero-order valence-corrected chi connectivity index (χ0v) is 6.84. The zero-order chi connectivity index (χ0) is 8.43. The molecule has 0 fully saturated rings. The van der Waals surface area contributed by atoms with Crippen LogP contribution in [-0.4, -0.2) is 17.2 Å². The molecule has 0 aliphatic heterocycles. The van der Waals surface area contributed by atoms with Crippen molar-refractivity contribution in [2.24, 2.45) is 0 Å². The Labute approximate surface area is 70.6 Å². The Hall–Kier alpha value is -0.505. The first kappa shape index (κ1) is 8.59. The summed E-state index contributed by atoms with van der Waals surface area (Å²) in [5.74, 6) is 0. The summed E-state index contributed by atoms with van der Waals surface area (Å²) in [6.07, 6.45) is 0. The summed E-state index contributed by atoms with van der Waals surface area (Å²) >= 11 is 5.74. The van der Waals surface area contributed by atoms with Gasteiger partial charge in [-0.25, -0.2) is 0 Å².